The quantitative estimate of drug-likeness (QED) is 0.367. The number of fused-ring (bicyclic) bond motifs is 1. The predicted molar refractivity (Wildman–Crippen MR) is 135 cm³/mol. The molecule has 1 aliphatic heterocycles. The fraction of sp³-hybridized carbons (Fsp3) is 0.185. The van der Waals surface area contributed by atoms with Gasteiger partial charge in [0.1, 0.15) is 24.0 Å². The Balaban J connectivity index is 1.62. The number of anilines is 3. The van der Waals surface area contributed by atoms with Crippen molar-refractivity contribution in [2.75, 3.05) is 11.4 Å². The number of rotatable bonds is 4. The molecule has 1 aliphatic rings. The van der Waals surface area contributed by atoms with Gasteiger partial charge in [-0.15, -0.1) is 0 Å². The van der Waals surface area contributed by atoms with Crippen molar-refractivity contribution in [2.24, 2.45) is 0 Å². The zero-order valence-corrected chi connectivity index (χ0v) is 19.1. The number of aliphatic hydroxyl groups excluding tert-OH is 1. The Hall–Kier alpha value is -3.63. The van der Waals surface area contributed by atoms with E-state index in [1.165, 1.54) is 12.4 Å². The largest absolute Gasteiger partial charge is 0.508 e. The van der Waals surface area contributed by atoms with Crippen LogP contribution in [0.15, 0.2) is 73.1 Å². The highest BCUT2D eigenvalue weighted by Gasteiger charge is 2.21. The first-order valence-electron chi connectivity index (χ1n) is 11.1. The molecule has 34 heavy (non-hydrogen) atoms. The molecular formula is C27H23ClN4O2. The number of aliphatic hydroxyl groups is 1. The summed E-state index contributed by atoms with van der Waals surface area (Å²) in [6.07, 6.45) is 2.77. The highest BCUT2D eigenvalue weighted by Crippen LogP contribution is 2.41. The predicted octanol–water partition coefficient (Wildman–Crippen LogP) is 4.92. The van der Waals surface area contributed by atoms with E-state index < -0.39 is 6.10 Å². The molecule has 2 unspecified atom stereocenters. The van der Waals surface area contributed by atoms with Gasteiger partial charge in [0.05, 0.1) is 16.2 Å². The van der Waals surface area contributed by atoms with Crippen LogP contribution in [0.2, 0.25) is 5.02 Å². The molecule has 1 saturated heterocycles. The van der Waals surface area contributed by atoms with Crippen molar-refractivity contribution < 1.29 is 10.2 Å². The minimum Gasteiger partial charge on any atom is -0.508 e. The van der Waals surface area contributed by atoms with E-state index in [1.54, 1.807) is 12.1 Å². The van der Waals surface area contributed by atoms with Crippen molar-refractivity contribution in [3.05, 3.63) is 83.6 Å². The van der Waals surface area contributed by atoms with Gasteiger partial charge in [0.15, 0.2) is 0 Å². The molecule has 2 atom stereocenters. The van der Waals surface area contributed by atoms with E-state index in [0.29, 0.717) is 16.5 Å². The van der Waals surface area contributed by atoms with E-state index in [0.717, 1.165) is 41.5 Å². The molecular weight excluding hydrogens is 448 g/mol. The van der Waals surface area contributed by atoms with Gasteiger partial charge >= 0.3 is 0 Å². The summed E-state index contributed by atoms with van der Waals surface area (Å²) < 4.78 is 0. The van der Waals surface area contributed by atoms with Crippen LogP contribution in [0, 0.1) is 11.8 Å². The molecule has 1 fully saturated rings. The number of aromatic nitrogens is 2. The third-order valence-corrected chi connectivity index (χ3v) is 6.16. The number of phenols is 1. The lowest BCUT2D eigenvalue weighted by Crippen LogP contribution is -2.33. The molecule has 3 aromatic carbocycles. The SMILES string of the molecule is Oc1ccc(N(c2ccccc2)c2ncnc3ccc(C#CC(O)C4CCCN4)cc23)c(Cl)c1. The molecule has 0 aliphatic carbocycles. The zero-order chi connectivity index (χ0) is 23.5. The molecule has 1 aromatic heterocycles. The van der Waals surface area contributed by atoms with Gasteiger partial charge < -0.3 is 15.5 Å². The van der Waals surface area contributed by atoms with Gasteiger partial charge in [-0.3, -0.25) is 4.90 Å². The molecule has 0 saturated carbocycles. The Morgan fingerprint density at radius 2 is 1.91 bits per heavy atom. The lowest BCUT2D eigenvalue weighted by Gasteiger charge is -2.26. The highest BCUT2D eigenvalue weighted by molar-refractivity contribution is 6.33. The Kier molecular flexibility index (Phi) is 6.33. The van der Waals surface area contributed by atoms with Crippen LogP contribution >= 0.6 is 11.6 Å². The maximum absolute atomic E-state index is 10.4. The van der Waals surface area contributed by atoms with Crippen molar-refractivity contribution in [2.45, 2.75) is 25.0 Å². The summed E-state index contributed by atoms with van der Waals surface area (Å²) in [7, 11) is 0. The normalized spacial score (nSPS) is 16.1. The summed E-state index contributed by atoms with van der Waals surface area (Å²) in [5.41, 5.74) is 3.04. The van der Waals surface area contributed by atoms with E-state index in [2.05, 4.69) is 27.1 Å². The number of nitrogens with zero attached hydrogens (tertiary/aromatic N) is 3. The van der Waals surface area contributed by atoms with E-state index in [9.17, 15) is 10.2 Å². The van der Waals surface area contributed by atoms with Crippen LogP contribution in [-0.4, -0.2) is 38.9 Å². The summed E-state index contributed by atoms with van der Waals surface area (Å²) >= 11 is 6.55. The van der Waals surface area contributed by atoms with E-state index >= 15 is 0 Å². The van der Waals surface area contributed by atoms with Gasteiger partial charge in [-0.1, -0.05) is 41.6 Å². The smallest absolute Gasteiger partial charge is 0.148 e. The third kappa shape index (κ3) is 4.55. The number of hydrogen-bond donors (Lipinski definition) is 3. The van der Waals surface area contributed by atoms with Gasteiger partial charge in [0.2, 0.25) is 0 Å². The lowest BCUT2D eigenvalue weighted by molar-refractivity contribution is 0.190. The average molecular weight is 471 g/mol. The first kappa shape index (κ1) is 22.2. The number of para-hydroxylation sites is 1. The Morgan fingerprint density at radius 1 is 1.06 bits per heavy atom. The summed E-state index contributed by atoms with van der Waals surface area (Å²) in [5, 5.41) is 24.8. The van der Waals surface area contributed by atoms with Gasteiger partial charge in [0, 0.05) is 28.7 Å². The van der Waals surface area contributed by atoms with Crippen LogP contribution in [0.4, 0.5) is 17.2 Å². The summed E-state index contributed by atoms with van der Waals surface area (Å²) in [6.45, 7) is 0.912. The van der Waals surface area contributed by atoms with Crippen molar-refractivity contribution in [3.8, 4) is 17.6 Å². The minimum absolute atomic E-state index is 0.0112. The molecule has 7 heteroatoms. The number of hydrogen-bond acceptors (Lipinski definition) is 6. The first-order chi connectivity index (χ1) is 16.6. The maximum Gasteiger partial charge on any atom is 0.148 e. The average Bonchev–Trinajstić information content (AvgIpc) is 3.40. The Labute approximate surface area is 202 Å². The van der Waals surface area contributed by atoms with Crippen LogP contribution < -0.4 is 10.2 Å². The van der Waals surface area contributed by atoms with Crippen molar-refractivity contribution in [1.29, 1.82) is 0 Å². The lowest BCUT2D eigenvalue weighted by atomic mass is 10.1. The van der Waals surface area contributed by atoms with E-state index in [1.807, 2.05) is 53.4 Å². The fourth-order valence-corrected chi connectivity index (χ4v) is 4.43. The maximum atomic E-state index is 10.4. The summed E-state index contributed by atoms with van der Waals surface area (Å²) in [6, 6.07) is 20.3. The summed E-state index contributed by atoms with van der Waals surface area (Å²) in [4.78, 5) is 11.0. The number of phenolic OH excluding ortho intramolecular Hbond substituents is 1. The van der Waals surface area contributed by atoms with Crippen LogP contribution in [0.25, 0.3) is 10.9 Å². The Bertz CT molecular complexity index is 1380. The first-order valence-corrected chi connectivity index (χ1v) is 11.5. The molecule has 6 nitrogen and oxygen atoms in total. The molecule has 3 N–H and O–H groups in total. The van der Waals surface area contributed by atoms with Gasteiger partial charge in [-0.25, -0.2) is 9.97 Å². The molecule has 2 heterocycles. The third-order valence-electron chi connectivity index (χ3n) is 5.86. The van der Waals surface area contributed by atoms with Crippen molar-refractivity contribution in [1.82, 2.24) is 15.3 Å². The number of benzene rings is 3. The van der Waals surface area contributed by atoms with Gasteiger partial charge in [0.25, 0.3) is 0 Å². The van der Waals surface area contributed by atoms with Crippen LogP contribution in [-0.2, 0) is 0 Å². The minimum atomic E-state index is -0.721. The molecule has 5 rings (SSSR count). The second-order valence-electron chi connectivity index (χ2n) is 8.15. The van der Waals surface area contributed by atoms with Crippen molar-refractivity contribution >= 4 is 39.7 Å². The van der Waals surface area contributed by atoms with Gasteiger partial charge in [-0.05, 0) is 61.9 Å². The van der Waals surface area contributed by atoms with E-state index in [4.69, 9.17) is 11.6 Å². The standard InChI is InChI=1S/C27H23ClN4O2/c28-22-16-20(33)10-12-25(22)32(19-5-2-1-3-6-19)27-21-15-18(8-11-23(21)30-17-31-27)9-13-26(34)24-7-4-14-29-24/h1-3,5-6,8,10-12,15-17,24,26,29,33-34H,4,7,14H2. The highest BCUT2D eigenvalue weighted by atomic mass is 35.5. The van der Waals surface area contributed by atoms with Crippen molar-refractivity contribution in [3.63, 3.8) is 0 Å². The Morgan fingerprint density at radius 3 is 2.68 bits per heavy atom. The molecule has 0 bridgehead atoms. The molecule has 0 amide bonds. The second-order valence-corrected chi connectivity index (χ2v) is 8.56. The summed E-state index contributed by atoms with van der Waals surface area (Å²) in [5.74, 6) is 6.79. The molecule has 0 spiro atoms. The topological polar surface area (TPSA) is 81.5 Å². The van der Waals surface area contributed by atoms with Crippen LogP contribution in [0.1, 0.15) is 18.4 Å². The number of halogens is 1. The number of aromatic hydroxyl groups is 1. The van der Waals surface area contributed by atoms with Gasteiger partial charge in [-0.2, -0.15) is 0 Å². The van der Waals surface area contributed by atoms with Crippen LogP contribution in [0.5, 0.6) is 5.75 Å². The molecule has 0 radical (unpaired) electrons. The molecule has 4 aromatic rings. The van der Waals surface area contributed by atoms with Crippen LogP contribution in [0.3, 0.4) is 0 Å². The fourth-order valence-electron chi connectivity index (χ4n) is 4.17. The zero-order valence-electron chi connectivity index (χ0n) is 18.3. The molecule has 170 valence electrons. The second kappa shape index (κ2) is 9.70. The number of nitrogens with one attached hydrogen (secondary N) is 1. The monoisotopic (exact) mass is 470 g/mol. The van der Waals surface area contributed by atoms with E-state index in [-0.39, 0.29) is 11.8 Å².